The second kappa shape index (κ2) is 5.92. The van der Waals surface area contributed by atoms with Gasteiger partial charge in [-0.3, -0.25) is 0 Å². The first-order valence-corrected chi connectivity index (χ1v) is 7.45. The normalized spacial score (nSPS) is 22.7. The Morgan fingerprint density at radius 3 is 2.52 bits per heavy atom. The zero-order valence-corrected chi connectivity index (χ0v) is 12.0. The Balaban J connectivity index is 1.92. The zero-order valence-electron chi connectivity index (χ0n) is 12.0. The number of fused-ring (bicyclic) bond motifs is 1. The second-order valence-electron chi connectivity index (χ2n) is 5.85. The number of hydrogen-bond donors (Lipinski definition) is 1. The van der Waals surface area contributed by atoms with E-state index in [1.54, 1.807) is 12.1 Å². The third kappa shape index (κ3) is 3.12. The summed E-state index contributed by atoms with van der Waals surface area (Å²) in [6, 6.07) is 7.61. The number of para-hydroxylation sites is 1. The van der Waals surface area contributed by atoms with Crippen LogP contribution in [0.15, 0.2) is 24.3 Å². The summed E-state index contributed by atoms with van der Waals surface area (Å²) in [7, 11) is 0. The molecule has 0 radical (unpaired) electrons. The van der Waals surface area contributed by atoms with Gasteiger partial charge in [0, 0.05) is 11.4 Å². The smallest absolute Gasteiger partial charge is 0.297 e. The summed E-state index contributed by atoms with van der Waals surface area (Å²) in [5, 5.41) is 4.16. The fourth-order valence-electron chi connectivity index (χ4n) is 2.90. The Morgan fingerprint density at radius 1 is 1.10 bits per heavy atom. The summed E-state index contributed by atoms with van der Waals surface area (Å²) in [4.78, 5) is 7.98. The highest BCUT2D eigenvalue weighted by molar-refractivity contribution is 5.89. The van der Waals surface area contributed by atoms with Crippen molar-refractivity contribution in [2.75, 3.05) is 5.32 Å². The van der Waals surface area contributed by atoms with Crippen LogP contribution >= 0.6 is 0 Å². The van der Waals surface area contributed by atoms with Crippen molar-refractivity contribution in [3.63, 3.8) is 0 Å². The molecule has 0 amide bonds. The predicted molar refractivity (Wildman–Crippen MR) is 79.5 cm³/mol. The lowest BCUT2D eigenvalue weighted by molar-refractivity contribution is 0.141. The highest BCUT2D eigenvalue weighted by Gasteiger charge is 2.21. The van der Waals surface area contributed by atoms with E-state index in [2.05, 4.69) is 22.2 Å². The average molecular weight is 291 g/mol. The molecule has 0 atom stereocenters. The molecule has 0 aliphatic heterocycles. The average Bonchev–Trinajstić information content (AvgIpc) is 2.49. The van der Waals surface area contributed by atoms with E-state index in [9.17, 15) is 8.78 Å². The van der Waals surface area contributed by atoms with Crippen LogP contribution in [-0.2, 0) is 0 Å². The summed E-state index contributed by atoms with van der Waals surface area (Å²) in [6.45, 7) is 2.26. The number of nitrogens with zero attached hydrogens (tertiary/aromatic N) is 2. The second-order valence-corrected chi connectivity index (χ2v) is 5.85. The van der Waals surface area contributed by atoms with E-state index in [0.29, 0.717) is 17.4 Å². The van der Waals surface area contributed by atoms with Crippen molar-refractivity contribution in [2.24, 2.45) is 5.92 Å². The van der Waals surface area contributed by atoms with E-state index in [0.717, 1.165) is 24.1 Å². The molecule has 0 saturated heterocycles. The Labute approximate surface area is 122 Å². The van der Waals surface area contributed by atoms with Gasteiger partial charge in [-0.1, -0.05) is 19.1 Å². The minimum absolute atomic E-state index is 0.310. The number of benzene rings is 1. The lowest BCUT2D eigenvalue weighted by atomic mass is 9.87. The van der Waals surface area contributed by atoms with Gasteiger partial charge in [-0.05, 0) is 43.7 Å². The molecule has 112 valence electrons. The minimum Gasteiger partial charge on any atom is -0.367 e. The fraction of sp³-hybridized carbons (Fsp3) is 0.500. The Hall–Kier alpha value is -1.78. The maximum atomic E-state index is 13.0. The van der Waals surface area contributed by atoms with Crippen molar-refractivity contribution in [1.82, 2.24) is 9.97 Å². The zero-order chi connectivity index (χ0) is 14.8. The summed E-state index contributed by atoms with van der Waals surface area (Å²) < 4.78 is 25.9. The van der Waals surface area contributed by atoms with E-state index < -0.39 is 12.2 Å². The van der Waals surface area contributed by atoms with Crippen LogP contribution in [0.1, 0.15) is 44.9 Å². The molecule has 1 heterocycles. The van der Waals surface area contributed by atoms with E-state index in [1.165, 1.54) is 12.8 Å². The highest BCUT2D eigenvalue weighted by Crippen LogP contribution is 2.29. The SMILES string of the molecule is CC1CCC(Nc2nc(C(F)F)nc3ccccc23)CC1. The van der Waals surface area contributed by atoms with Crippen LogP contribution in [0, 0.1) is 5.92 Å². The van der Waals surface area contributed by atoms with Gasteiger partial charge in [0.15, 0.2) is 5.82 Å². The summed E-state index contributed by atoms with van der Waals surface area (Å²) in [5.74, 6) is 0.887. The van der Waals surface area contributed by atoms with Gasteiger partial charge >= 0.3 is 0 Å². The maximum absolute atomic E-state index is 13.0. The van der Waals surface area contributed by atoms with Crippen LogP contribution in [0.3, 0.4) is 0 Å². The maximum Gasteiger partial charge on any atom is 0.297 e. The molecular formula is C16H19F2N3. The van der Waals surface area contributed by atoms with Gasteiger partial charge in [0.25, 0.3) is 6.43 Å². The number of nitrogens with one attached hydrogen (secondary N) is 1. The largest absolute Gasteiger partial charge is 0.367 e. The lowest BCUT2D eigenvalue weighted by Crippen LogP contribution is -2.26. The van der Waals surface area contributed by atoms with Gasteiger partial charge in [-0.15, -0.1) is 0 Å². The third-order valence-electron chi connectivity index (χ3n) is 4.17. The first-order valence-electron chi connectivity index (χ1n) is 7.45. The van der Waals surface area contributed by atoms with Crippen molar-refractivity contribution in [3.05, 3.63) is 30.1 Å². The molecule has 1 aliphatic carbocycles. The standard InChI is InChI=1S/C16H19F2N3/c1-10-6-8-11(9-7-10)19-15-12-4-2-3-5-13(12)20-16(21-15)14(17)18/h2-5,10-11,14H,6-9H2,1H3,(H,19,20,21). The van der Waals surface area contributed by atoms with Crippen LogP contribution in [0.2, 0.25) is 0 Å². The molecule has 3 rings (SSSR count). The van der Waals surface area contributed by atoms with Crippen molar-refractivity contribution >= 4 is 16.7 Å². The molecule has 3 nitrogen and oxygen atoms in total. The van der Waals surface area contributed by atoms with Crippen molar-refractivity contribution in [3.8, 4) is 0 Å². The summed E-state index contributed by atoms with van der Waals surface area (Å²) >= 11 is 0. The summed E-state index contributed by atoms with van der Waals surface area (Å²) in [5.41, 5.74) is 0.564. The molecule has 0 bridgehead atoms. The molecule has 1 saturated carbocycles. The van der Waals surface area contributed by atoms with E-state index >= 15 is 0 Å². The van der Waals surface area contributed by atoms with Crippen LogP contribution in [0.4, 0.5) is 14.6 Å². The van der Waals surface area contributed by atoms with Crippen molar-refractivity contribution < 1.29 is 8.78 Å². The number of anilines is 1. The molecule has 1 N–H and O–H groups in total. The molecule has 2 aromatic rings. The van der Waals surface area contributed by atoms with E-state index in [-0.39, 0.29) is 0 Å². The van der Waals surface area contributed by atoms with Gasteiger partial charge in [0.1, 0.15) is 5.82 Å². The third-order valence-corrected chi connectivity index (χ3v) is 4.17. The molecule has 21 heavy (non-hydrogen) atoms. The first-order chi connectivity index (χ1) is 10.1. The Kier molecular flexibility index (Phi) is 3.99. The molecule has 0 spiro atoms. The van der Waals surface area contributed by atoms with Crippen LogP contribution in [0.5, 0.6) is 0 Å². The molecule has 1 aromatic carbocycles. The number of halogens is 2. The van der Waals surface area contributed by atoms with Crippen LogP contribution in [-0.4, -0.2) is 16.0 Å². The van der Waals surface area contributed by atoms with Crippen molar-refractivity contribution in [2.45, 2.75) is 45.1 Å². The summed E-state index contributed by atoms with van der Waals surface area (Å²) in [6.07, 6.45) is 1.80. The van der Waals surface area contributed by atoms with Crippen LogP contribution in [0.25, 0.3) is 10.9 Å². The number of rotatable bonds is 3. The monoisotopic (exact) mass is 291 g/mol. The molecule has 1 fully saturated rings. The van der Waals surface area contributed by atoms with Crippen molar-refractivity contribution in [1.29, 1.82) is 0 Å². The number of hydrogen-bond acceptors (Lipinski definition) is 3. The Morgan fingerprint density at radius 2 is 1.81 bits per heavy atom. The van der Waals surface area contributed by atoms with Gasteiger partial charge in [0.2, 0.25) is 0 Å². The van der Waals surface area contributed by atoms with Gasteiger partial charge in [-0.25, -0.2) is 18.7 Å². The number of alkyl halides is 2. The van der Waals surface area contributed by atoms with Gasteiger partial charge in [-0.2, -0.15) is 0 Å². The highest BCUT2D eigenvalue weighted by atomic mass is 19.3. The number of aromatic nitrogens is 2. The van der Waals surface area contributed by atoms with Gasteiger partial charge in [0.05, 0.1) is 5.52 Å². The molecule has 1 aliphatic rings. The molecule has 0 unspecified atom stereocenters. The quantitative estimate of drug-likeness (QED) is 0.901. The lowest BCUT2D eigenvalue weighted by Gasteiger charge is -2.27. The first kappa shape index (κ1) is 14.2. The molecule has 5 heteroatoms. The molecular weight excluding hydrogens is 272 g/mol. The van der Waals surface area contributed by atoms with E-state index in [4.69, 9.17) is 0 Å². The fourth-order valence-corrected chi connectivity index (χ4v) is 2.90. The topological polar surface area (TPSA) is 37.8 Å². The predicted octanol–water partition coefficient (Wildman–Crippen LogP) is 4.56. The minimum atomic E-state index is -2.65. The van der Waals surface area contributed by atoms with E-state index in [1.807, 2.05) is 12.1 Å². The van der Waals surface area contributed by atoms with Crippen LogP contribution < -0.4 is 5.32 Å². The molecule has 1 aromatic heterocycles. The van der Waals surface area contributed by atoms with Gasteiger partial charge < -0.3 is 5.32 Å². The Bertz CT molecular complexity index is 622.